The monoisotopic (exact) mass is 343 g/mol. The molecule has 0 atom stereocenters. The summed E-state index contributed by atoms with van der Waals surface area (Å²) in [7, 11) is 1.42. The maximum absolute atomic E-state index is 13.1. The Hall–Kier alpha value is -2.25. The molecular formula is C15H13ClF3N3O. The number of halogens is 4. The van der Waals surface area contributed by atoms with E-state index < -0.39 is 11.7 Å². The Balaban J connectivity index is 2.60. The topological polar surface area (TPSA) is 59.6 Å². The summed E-state index contributed by atoms with van der Waals surface area (Å²) >= 11 is 5.89. The van der Waals surface area contributed by atoms with Gasteiger partial charge in [0.1, 0.15) is 17.3 Å². The van der Waals surface area contributed by atoms with Gasteiger partial charge >= 0.3 is 6.18 Å². The Labute approximate surface area is 135 Å². The minimum absolute atomic E-state index is 0.154. The fourth-order valence-electron chi connectivity index (χ4n) is 1.98. The van der Waals surface area contributed by atoms with Gasteiger partial charge in [0, 0.05) is 10.6 Å². The maximum Gasteiger partial charge on any atom is 0.417 e. The lowest BCUT2D eigenvalue weighted by Gasteiger charge is -2.14. The number of hydrazine groups is 1. The maximum atomic E-state index is 13.1. The highest BCUT2D eigenvalue weighted by Crippen LogP contribution is 2.34. The normalized spacial score (nSPS) is 12.2. The van der Waals surface area contributed by atoms with Crippen LogP contribution in [0.3, 0.4) is 0 Å². The van der Waals surface area contributed by atoms with Crippen LogP contribution in [0.4, 0.5) is 18.9 Å². The fraction of sp³-hybridized carbons (Fsp3) is 0.133. The van der Waals surface area contributed by atoms with Gasteiger partial charge in [0.2, 0.25) is 0 Å². The summed E-state index contributed by atoms with van der Waals surface area (Å²) in [5.74, 6) is 5.57. The van der Waals surface area contributed by atoms with E-state index in [-0.39, 0.29) is 17.1 Å². The minimum atomic E-state index is -4.54. The first kappa shape index (κ1) is 17.1. The Bertz CT molecular complexity index is 732. The lowest BCUT2D eigenvalue weighted by Crippen LogP contribution is -2.32. The lowest BCUT2D eigenvalue weighted by molar-refractivity contribution is -0.137. The van der Waals surface area contributed by atoms with E-state index in [4.69, 9.17) is 22.2 Å². The quantitative estimate of drug-likeness (QED) is 0.384. The van der Waals surface area contributed by atoms with Gasteiger partial charge in [-0.3, -0.25) is 0 Å². The van der Waals surface area contributed by atoms with Gasteiger partial charge in [-0.25, -0.2) is 10.8 Å². The number of benzene rings is 2. The second-order valence-corrected chi connectivity index (χ2v) is 4.90. The van der Waals surface area contributed by atoms with Crippen LogP contribution >= 0.6 is 11.6 Å². The number of nitrogens with zero attached hydrogens (tertiary/aromatic N) is 1. The van der Waals surface area contributed by atoms with Crippen LogP contribution in [0.2, 0.25) is 5.02 Å². The Morgan fingerprint density at radius 3 is 2.52 bits per heavy atom. The number of rotatable bonds is 3. The highest BCUT2D eigenvalue weighted by Gasteiger charge is 2.34. The highest BCUT2D eigenvalue weighted by atomic mass is 35.5. The molecule has 2 rings (SSSR count). The van der Waals surface area contributed by atoms with E-state index >= 15 is 0 Å². The van der Waals surface area contributed by atoms with Crippen molar-refractivity contribution >= 4 is 23.1 Å². The Morgan fingerprint density at radius 2 is 1.91 bits per heavy atom. The summed E-state index contributed by atoms with van der Waals surface area (Å²) in [6.07, 6.45) is -4.54. The summed E-state index contributed by atoms with van der Waals surface area (Å²) in [4.78, 5) is 4.12. The SMILES string of the molecule is COc1ccc(Cl)cc1N=C(NN)c1ccccc1C(F)(F)F. The van der Waals surface area contributed by atoms with Crippen LogP contribution in [-0.4, -0.2) is 12.9 Å². The third kappa shape index (κ3) is 3.94. The van der Waals surface area contributed by atoms with Crippen molar-refractivity contribution in [2.75, 3.05) is 7.11 Å². The molecule has 0 amide bonds. The zero-order valence-electron chi connectivity index (χ0n) is 12.0. The number of aliphatic imine (C=N–C) groups is 1. The average Bonchev–Trinajstić information content (AvgIpc) is 2.52. The summed E-state index contributed by atoms with van der Waals surface area (Å²) in [6, 6.07) is 9.60. The van der Waals surface area contributed by atoms with Crippen LogP contribution in [0.15, 0.2) is 47.5 Å². The van der Waals surface area contributed by atoms with E-state index in [2.05, 4.69) is 10.4 Å². The van der Waals surface area contributed by atoms with Crippen LogP contribution in [0, 0.1) is 0 Å². The van der Waals surface area contributed by atoms with E-state index in [0.29, 0.717) is 10.8 Å². The second kappa shape index (κ2) is 6.89. The number of ether oxygens (including phenoxy) is 1. The number of nitrogens with one attached hydrogen (secondary N) is 1. The van der Waals surface area contributed by atoms with Gasteiger partial charge in [-0.1, -0.05) is 29.8 Å². The summed E-state index contributed by atoms with van der Waals surface area (Å²) in [5.41, 5.74) is 1.43. The van der Waals surface area contributed by atoms with Crippen LogP contribution in [0.25, 0.3) is 0 Å². The van der Waals surface area contributed by atoms with Crippen LogP contribution in [0.5, 0.6) is 5.75 Å². The number of amidine groups is 1. The van der Waals surface area contributed by atoms with Crippen LogP contribution in [0.1, 0.15) is 11.1 Å². The first-order valence-corrected chi connectivity index (χ1v) is 6.80. The molecule has 0 aliphatic rings. The zero-order chi connectivity index (χ0) is 17.0. The van der Waals surface area contributed by atoms with Crippen molar-refractivity contribution in [3.05, 3.63) is 58.6 Å². The van der Waals surface area contributed by atoms with E-state index in [1.165, 1.54) is 31.4 Å². The number of hydrogen-bond acceptors (Lipinski definition) is 3. The third-order valence-electron chi connectivity index (χ3n) is 3.00. The molecule has 2 aromatic rings. The largest absolute Gasteiger partial charge is 0.494 e. The lowest BCUT2D eigenvalue weighted by atomic mass is 10.1. The molecule has 0 radical (unpaired) electrons. The zero-order valence-corrected chi connectivity index (χ0v) is 12.7. The number of hydrogen-bond donors (Lipinski definition) is 2. The molecule has 0 spiro atoms. The van der Waals surface area contributed by atoms with E-state index in [1.54, 1.807) is 12.1 Å². The van der Waals surface area contributed by atoms with Gasteiger partial charge in [-0.05, 0) is 24.3 Å². The standard InChI is InChI=1S/C15H13ClF3N3O/c1-23-13-7-6-9(16)8-12(13)21-14(22-20)10-4-2-3-5-11(10)15(17,18)19/h2-8H,20H2,1H3,(H,21,22). The predicted molar refractivity (Wildman–Crippen MR) is 83.0 cm³/mol. The first-order chi connectivity index (χ1) is 10.9. The van der Waals surface area contributed by atoms with Crippen molar-refractivity contribution in [3.8, 4) is 5.75 Å². The molecule has 0 fully saturated rings. The number of methoxy groups -OCH3 is 1. The van der Waals surface area contributed by atoms with E-state index in [1.807, 2.05) is 0 Å². The van der Waals surface area contributed by atoms with Crippen LogP contribution in [-0.2, 0) is 6.18 Å². The predicted octanol–water partition coefficient (Wildman–Crippen LogP) is 3.91. The van der Waals surface area contributed by atoms with Crippen molar-refractivity contribution in [2.24, 2.45) is 10.8 Å². The molecule has 0 aliphatic carbocycles. The van der Waals surface area contributed by atoms with E-state index in [9.17, 15) is 13.2 Å². The molecule has 0 saturated heterocycles. The van der Waals surface area contributed by atoms with Gasteiger partial charge < -0.3 is 10.2 Å². The molecule has 0 heterocycles. The highest BCUT2D eigenvalue weighted by molar-refractivity contribution is 6.30. The third-order valence-corrected chi connectivity index (χ3v) is 3.23. The number of alkyl halides is 3. The van der Waals surface area contributed by atoms with Crippen molar-refractivity contribution in [1.29, 1.82) is 0 Å². The second-order valence-electron chi connectivity index (χ2n) is 4.46. The molecule has 23 heavy (non-hydrogen) atoms. The van der Waals surface area contributed by atoms with E-state index in [0.717, 1.165) is 6.07 Å². The number of nitrogens with two attached hydrogens (primary N) is 1. The minimum Gasteiger partial charge on any atom is -0.494 e. The molecule has 0 bridgehead atoms. The van der Waals surface area contributed by atoms with Gasteiger partial charge in [0.25, 0.3) is 0 Å². The van der Waals surface area contributed by atoms with Crippen molar-refractivity contribution in [1.82, 2.24) is 5.43 Å². The Morgan fingerprint density at radius 1 is 1.22 bits per heavy atom. The smallest absolute Gasteiger partial charge is 0.417 e. The molecule has 0 aromatic heterocycles. The van der Waals surface area contributed by atoms with Gasteiger partial charge in [0.05, 0.1) is 12.7 Å². The van der Waals surface area contributed by atoms with Gasteiger partial charge in [0.15, 0.2) is 0 Å². The summed E-state index contributed by atoms with van der Waals surface area (Å²) in [6.45, 7) is 0. The molecule has 3 N–H and O–H groups in total. The van der Waals surface area contributed by atoms with Crippen molar-refractivity contribution < 1.29 is 17.9 Å². The summed E-state index contributed by atoms with van der Waals surface area (Å²) in [5, 5.41) is 0.366. The van der Waals surface area contributed by atoms with Gasteiger partial charge in [-0.15, -0.1) is 0 Å². The molecule has 8 heteroatoms. The molecular weight excluding hydrogens is 331 g/mol. The Kier molecular flexibility index (Phi) is 5.12. The first-order valence-electron chi connectivity index (χ1n) is 6.42. The molecule has 4 nitrogen and oxygen atoms in total. The molecule has 2 aromatic carbocycles. The fourth-order valence-corrected chi connectivity index (χ4v) is 2.14. The van der Waals surface area contributed by atoms with Crippen LogP contribution < -0.4 is 16.0 Å². The average molecular weight is 344 g/mol. The molecule has 122 valence electrons. The molecule has 0 unspecified atom stereocenters. The van der Waals surface area contributed by atoms with Crippen molar-refractivity contribution in [3.63, 3.8) is 0 Å². The molecule has 0 saturated carbocycles. The summed E-state index contributed by atoms with van der Waals surface area (Å²) < 4.78 is 44.5. The van der Waals surface area contributed by atoms with Gasteiger partial charge in [-0.2, -0.15) is 13.2 Å². The van der Waals surface area contributed by atoms with Crippen molar-refractivity contribution in [2.45, 2.75) is 6.18 Å². The molecule has 0 aliphatic heterocycles.